The number of carboxylic acid groups (broad SMARTS) is 4. The van der Waals surface area contributed by atoms with E-state index >= 15 is 0 Å². The van der Waals surface area contributed by atoms with E-state index in [1.807, 2.05) is 66.7 Å². The number of carbonyl (C=O) groups is 4. The maximum Gasteiger partial charge on any atom is 2.00 e. The first kappa shape index (κ1) is 51.6. The summed E-state index contributed by atoms with van der Waals surface area (Å²) in [5.74, 6) is -5.03. The van der Waals surface area contributed by atoms with Gasteiger partial charge in [0.1, 0.15) is 35.5 Å². The average molecular weight is 1160 g/mol. The molecule has 0 aliphatic carbocycles. The number of fused-ring (bicyclic) bond motifs is 20. The van der Waals surface area contributed by atoms with E-state index in [0.29, 0.717) is 50.6 Å². The van der Waals surface area contributed by atoms with Crippen LogP contribution in [0, 0.1) is 0 Å². The van der Waals surface area contributed by atoms with Gasteiger partial charge in [0, 0.05) is 54.8 Å². The quantitative estimate of drug-likeness (QED) is 0.0502. The Bertz CT molecular complexity index is 4320. The van der Waals surface area contributed by atoms with Gasteiger partial charge in [-0.05, 0) is 82.6 Å². The van der Waals surface area contributed by atoms with Crippen LogP contribution < -0.4 is 29.0 Å². The second-order valence-electron chi connectivity index (χ2n) is 17.4. The average Bonchev–Trinajstić information content (AvgIpc) is 4.40. The Morgan fingerprint density at radius 3 is 1.46 bits per heavy atom. The van der Waals surface area contributed by atoms with Crippen molar-refractivity contribution >= 4 is 103 Å². The third kappa shape index (κ3) is 9.61. The van der Waals surface area contributed by atoms with Gasteiger partial charge in [-0.15, -0.1) is 0 Å². The fourth-order valence-electron chi connectivity index (χ4n) is 8.89. The first-order chi connectivity index (χ1) is 37.6. The minimum atomic E-state index is -1.39. The van der Waals surface area contributed by atoms with Crippen molar-refractivity contribution in [3.05, 3.63) is 176 Å². The van der Waals surface area contributed by atoms with Gasteiger partial charge in [0.05, 0.1) is 55.2 Å². The van der Waals surface area contributed by atoms with Gasteiger partial charge in [-0.1, -0.05) is 101 Å². The third-order valence-electron chi connectivity index (χ3n) is 12.4. The molecule has 0 saturated carbocycles. The molecule has 20 nitrogen and oxygen atoms in total. The van der Waals surface area contributed by atoms with Crippen molar-refractivity contribution in [1.82, 2.24) is 40.1 Å². The van der Waals surface area contributed by atoms with E-state index in [2.05, 4.69) is 0 Å². The maximum atomic E-state index is 11.9. The summed E-state index contributed by atoms with van der Waals surface area (Å²) in [5.41, 5.74) is 2.54. The Labute approximate surface area is 467 Å². The van der Waals surface area contributed by atoms with E-state index in [4.69, 9.17) is 89.1 Å². The van der Waals surface area contributed by atoms with Crippen LogP contribution >= 0.6 is 34.8 Å². The van der Waals surface area contributed by atoms with Gasteiger partial charge in [0.15, 0.2) is 11.6 Å². The van der Waals surface area contributed by atoms with E-state index in [1.54, 1.807) is 12.1 Å². The van der Waals surface area contributed by atoms with E-state index in [9.17, 15) is 39.6 Å². The van der Waals surface area contributed by atoms with Crippen LogP contribution in [0.4, 0.5) is 0 Å². The Morgan fingerprint density at radius 2 is 0.924 bits per heavy atom. The van der Waals surface area contributed by atoms with Gasteiger partial charge in [0.25, 0.3) is 5.69 Å². The smallest absolute Gasteiger partial charge is 0.489 e. The van der Waals surface area contributed by atoms with Crippen LogP contribution in [0.2, 0.25) is 15.1 Å². The Kier molecular flexibility index (Phi) is 13.4. The van der Waals surface area contributed by atoms with Gasteiger partial charge >= 0.3 is 40.9 Å². The van der Waals surface area contributed by atoms with Crippen LogP contribution in [-0.2, 0) is 30.3 Å². The normalized spacial score (nSPS) is 11.4. The molecule has 2 aliphatic rings. The van der Waals surface area contributed by atoms with Crippen LogP contribution in [0.5, 0.6) is 23.0 Å². The molecule has 0 atom stereocenters. The summed E-state index contributed by atoms with van der Waals surface area (Å²) >= 11 is 21.9. The zero-order valence-corrected chi connectivity index (χ0v) is 42.9. The predicted molar refractivity (Wildman–Crippen MR) is 281 cm³/mol. The van der Waals surface area contributed by atoms with Crippen molar-refractivity contribution in [2.24, 2.45) is 0 Å². The number of benzene rings is 7. The number of carboxylic acids is 4. The van der Waals surface area contributed by atoms with E-state index in [0.717, 1.165) is 47.2 Å². The number of nitrogens with zero attached hydrogens (tertiary/aromatic N) is 9. The van der Waals surface area contributed by atoms with Crippen LogP contribution in [0.1, 0.15) is 52.6 Å². The first-order valence-corrected chi connectivity index (χ1v) is 24.2. The molecule has 3 aromatic heterocycles. The number of ether oxygens (including phenoxy) is 3. The molecule has 4 N–H and O–H groups in total. The molecule has 0 amide bonds. The molecule has 10 aromatic rings. The van der Waals surface area contributed by atoms with Crippen LogP contribution in [0.15, 0.2) is 127 Å². The maximum absolute atomic E-state index is 11.9. The fraction of sp³-hybridized carbons (Fsp3) is 0.0364. The molecule has 0 spiro atoms. The molecule has 8 bridgehead atoms. The second kappa shape index (κ2) is 20.5. The SMILES string of the molecule is O=C(O)c1cc(OCc2cc(COc3cc(C(=O)O)cc(C(=O)O)c3)cc(Oc3c(Cl)c(Cl)c4c5nc6nc(nc7[n-]c(nc8n[n+](nc([n-]5)c4c3Cl)-c3ccccc3-8)c3ccccc73)-c3ccccc3-6)c2)cc(C(=O)O)c1.[Cu+2]. The van der Waals surface area contributed by atoms with Gasteiger partial charge < -0.3 is 59.6 Å². The second-order valence-corrected chi connectivity index (χ2v) is 18.6. The molecular weight excluding hydrogens is 1130 g/mol. The molecule has 2 aliphatic heterocycles. The molecule has 79 heavy (non-hydrogen) atoms. The summed E-state index contributed by atoms with van der Waals surface area (Å²) in [5, 5.41) is 49.9. The van der Waals surface area contributed by atoms with Crippen molar-refractivity contribution < 1.29 is 75.7 Å². The summed E-state index contributed by atoms with van der Waals surface area (Å²) in [7, 11) is 0. The van der Waals surface area contributed by atoms with Gasteiger partial charge in [-0.2, -0.15) is 0 Å². The summed E-state index contributed by atoms with van der Waals surface area (Å²) in [6.45, 7) is -0.618. The molecule has 0 unspecified atom stereocenters. The Balaban J connectivity index is 0.00000660. The first-order valence-electron chi connectivity index (χ1n) is 23.1. The largest absolute Gasteiger partial charge is 2.00 e. The third-order valence-corrected chi connectivity index (χ3v) is 13.6. The molecule has 1 radical (unpaired) electrons. The van der Waals surface area contributed by atoms with Gasteiger partial charge in [-0.25, -0.2) is 24.2 Å². The van der Waals surface area contributed by atoms with Crippen LogP contribution in [0.25, 0.3) is 84.0 Å². The zero-order chi connectivity index (χ0) is 54.1. The Hall–Kier alpha value is -9.50. The van der Waals surface area contributed by atoms with E-state index in [-0.39, 0.29) is 124 Å². The molecule has 7 aromatic carbocycles. The van der Waals surface area contributed by atoms with Gasteiger partial charge in [0.2, 0.25) is 0 Å². The number of halogens is 3. The number of aromatic carboxylic acids is 4. The number of para-hydroxylation sites is 1. The fourth-order valence-corrected chi connectivity index (χ4v) is 9.74. The van der Waals surface area contributed by atoms with E-state index in [1.165, 1.54) is 16.9 Å². The Morgan fingerprint density at radius 1 is 0.468 bits per heavy atom. The van der Waals surface area contributed by atoms with Crippen molar-refractivity contribution in [3.63, 3.8) is 0 Å². The molecule has 0 fully saturated rings. The summed E-state index contributed by atoms with van der Waals surface area (Å²) in [6, 6.07) is 33.5. The topological polar surface area (TPSA) is 286 Å². The zero-order valence-electron chi connectivity index (χ0n) is 39.6. The van der Waals surface area contributed by atoms with E-state index < -0.39 is 23.9 Å². The number of hydrogen-bond donors (Lipinski definition) is 4. The predicted octanol–water partition coefficient (Wildman–Crippen LogP) is 10.4. The molecule has 0 saturated heterocycles. The summed E-state index contributed by atoms with van der Waals surface area (Å²) in [4.78, 5) is 78.6. The van der Waals surface area contributed by atoms with Gasteiger partial charge in [-0.3, -0.25) is 0 Å². The summed E-state index contributed by atoms with van der Waals surface area (Å²) < 4.78 is 18.5. The minimum absolute atomic E-state index is 0. The molecule has 5 heterocycles. The molecular formula is C55H29Cl3CuN9O11+. The van der Waals surface area contributed by atoms with Crippen molar-refractivity contribution in [2.45, 2.75) is 13.2 Å². The summed E-state index contributed by atoms with van der Waals surface area (Å²) in [6.07, 6.45) is 0. The molecule has 24 heteroatoms. The van der Waals surface area contributed by atoms with Crippen molar-refractivity contribution in [3.8, 4) is 62.8 Å². The monoisotopic (exact) mass is 1160 g/mol. The van der Waals surface area contributed by atoms with Crippen molar-refractivity contribution in [2.75, 3.05) is 0 Å². The van der Waals surface area contributed by atoms with Crippen LogP contribution in [-0.4, -0.2) is 74.4 Å². The minimum Gasteiger partial charge on any atom is -0.489 e. The molecule has 391 valence electrons. The van der Waals surface area contributed by atoms with Crippen LogP contribution in [0.3, 0.4) is 0 Å². The standard InChI is InChI=1S/C55H30Cl3N9O11.Cu/c56-41-39-40(51-64-50(39)63-48-36-10-4-2-8-34(36)46(61-48)59-45-33-7-1-3-9-35(33)47(60-45)62-49-37-11-5-6-12-38(37)67(65-49)66-51)42(57)44(43(41)58)78-32-14-24(22-76-30-18-26(52(68)69)16-27(19-30)53(70)71)13-25(15-32)23-77-31-20-28(54(72)73)17-29(21-31)55(74)75;/h1-21H,22-23H2,(H5,59,60,61,62,63,64,65,66,68,69,70,71,72,73,74,75);/q;+2/p-1. The number of rotatable bonds is 12. The number of hydrogen-bond acceptors (Lipinski definition) is 13. The number of aromatic nitrogens is 9. The molecule has 12 rings (SSSR count). The van der Waals surface area contributed by atoms with Crippen molar-refractivity contribution in [1.29, 1.82) is 0 Å².